The van der Waals surface area contributed by atoms with E-state index >= 15 is 0 Å². The van der Waals surface area contributed by atoms with Crippen LogP contribution in [0.1, 0.15) is 88.6 Å². The number of rotatable bonds is 16. The van der Waals surface area contributed by atoms with Crippen molar-refractivity contribution in [3.63, 3.8) is 0 Å². The summed E-state index contributed by atoms with van der Waals surface area (Å²) in [6.07, 6.45) is 6.35. The van der Waals surface area contributed by atoms with Gasteiger partial charge >= 0.3 is 23.9 Å². The van der Waals surface area contributed by atoms with Crippen LogP contribution in [0.3, 0.4) is 0 Å². The van der Waals surface area contributed by atoms with Crippen LogP contribution in [0, 0.1) is 0 Å². The minimum Gasteiger partial charge on any atom is -0.462 e. The summed E-state index contributed by atoms with van der Waals surface area (Å²) in [6, 6.07) is 11.1. The lowest BCUT2D eigenvalue weighted by atomic mass is 10.1. The highest BCUT2D eigenvalue weighted by Crippen LogP contribution is 2.44. The summed E-state index contributed by atoms with van der Waals surface area (Å²) in [7, 11) is 0. The number of nitrogens with zero attached hydrogens (tertiary/aromatic N) is 4. The third kappa shape index (κ3) is 9.94. The number of hydrogen-bond acceptors (Lipinski definition) is 17. The van der Waals surface area contributed by atoms with Crippen LogP contribution in [-0.2, 0) is 18.9 Å². The van der Waals surface area contributed by atoms with Gasteiger partial charge < -0.3 is 18.9 Å². The van der Waals surface area contributed by atoms with Crippen molar-refractivity contribution in [3.8, 4) is 0 Å². The second-order valence-electron chi connectivity index (χ2n) is 10.1. The second-order valence-corrected chi connectivity index (χ2v) is 15.2. The first-order chi connectivity index (χ1) is 25.8. The van der Waals surface area contributed by atoms with E-state index in [4.69, 9.17) is 18.9 Å². The lowest BCUT2D eigenvalue weighted by Crippen LogP contribution is -2.12. The fourth-order valence-electron chi connectivity index (χ4n) is 4.47. The average molecular weight is 809 g/mol. The molecule has 5 heterocycles. The number of esters is 4. The Morgan fingerprint density at radius 1 is 0.472 bits per heavy atom. The van der Waals surface area contributed by atoms with Crippen molar-refractivity contribution in [2.75, 3.05) is 26.4 Å². The fraction of sp³-hybridized carbons (Fsp3) is 0.222. The van der Waals surface area contributed by atoms with Gasteiger partial charge in [0.2, 0.25) is 0 Å². The molecule has 0 fully saturated rings. The van der Waals surface area contributed by atoms with Crippen LogP contribution < -0.4 is 0 Å². The topological polar surface area (TPSA) is 155 Å². The molecule has 0 spiro atoms. The van der Waals surface area contributed by atoms with Crippen molar-refractivity contribution >= 4 is 125 Å². The van der Waals surface area contributed by atoms with Gasteiger partial charge in [0.15, 0.2) is 0 Å². The lowest BCUT2D eigenvalue weighted by molar-refractivity contribution is 0.0481. The third-order valence-electron chi connectivity index (χ3n) is 6.63. The van der Waals surface area contributed by atoms with Gasteiger partial charge in [-0.15, -0.1) is 34.0 Å². The molecule has 17 heteroatoms. The Hall–Kier alpha value is -4.94. The summed E-state index contributed by atoms with van der Waals surface area (Å²) in [6.45, 7) is 7.08. The first-order valence-electron chi connectivity index (χ1n) is 16.1. The van der Waals surface area contributed by atoms with Crippen molar-refractivity contribution in [2.45, 2.75) is 27.7 Å². The summed E-state index contributed by atoms with van der Waals surface area (Å²) in [4.78, 5) is 73.8. The number of hydrogen-bond donors (Lipinski definition) is 0. The Morgan fingerprint density at radius 3 is 1.04 bits per heavy atom. The van der Waals surface area contributed by atoms with Gasteiger partial charge in [0.25, 0.3) is 0 Å². The molecule has 0 aromatic carbocycles. The van der Waals surface area contributed by atoms with E-state index in [0.29, 0.717) is 9.75 Å². The van der Waals surface area contributed by atoms with Gasteiger partial charge in [0.1, 0.15) is 42.3 Å². The highest BCUT2D eigenvalue weighted by Gasteiger charge is 2.31. The maximum Gasteiger partial charge on any atom is 0.342 e. The Balaban J connectivity index is 1.49. The quantitative estimate of drug-likeness (QED) is 0.0542. The van der Waals surface area contributed by atoms with Gasteiger partial charge in [0.05, 0.1) is 26.4 Å². The van der Waals surface area contributed by atoms with Gasteiger partial charge in [-0.1, -0.05) is 34.8 Å². The minimum atomic E-state index is -0.717. The monoisotopic (exact) mass is 808 g/mol. The van der Waals surface area contributed by atoms with Crippen LogP contribution >= 0.6 is 56.7 Å². The van der Waals surface area contributed by atoms with E-state index in [9.17, 15) is 19.2 Å². The van der Waals surface area contributed by atoms with Gasteiger partial charge in [-0.3, -0.25) is 0 Å². The molecule has 0 N–H and O–H groups in total. The number of aliphatic imine (C=N–C) groups is 4. The lowest BCUT2D eigenvalue weighted by Gasteiger charge is -2.05. The van der Waals surface area contributed by atoms with Crippen LogP contribution in [-0.4, -0.2) is 75.2 Å². The second kappa shape index (κ2) is 19.2. The molecule has 0 saturated heterocycles. The zero-order valence-corrected chi connectivity index (χ0v) is 32.9. The Kier molecular flexibility index (Phi) is 14.2. The number of thiophene rings is 5. The van der Waals surface area contributed by atoms with E-state index in [0.717, 1.165) is 32.4 Å². The molecule has 274 valence electrons. The van der Waals surface area contributed by atoms with Crippen LogP contribution in [0.15, 0.2) is 67.1 Å². The molecule has 0 saturated carbocycles. The molecule has 0 unspecified atom stereocenters. The Morgan fingerprint density at radius 2 is 0.774 bits per heavy atom. The molecular weight excluding hydrogens is 777 g/mol. The van der Waals surface area contributed by atoms with Gasteiger partial charge in [0, 0.05) is 44.4 Å². The maximum absolute atomic E-state index is 13.2. The first-order valence-corrected chi connectivity index (χ1v) is 20.3. The van der Waals surface area contributed by atoms with Crippen molar-refractivity contribution in [2.24, 2.45) is 20.0 Å². The number of carbonyl (C=O) groups is 4. The van der Waals surface area contributed by atoms with Crippen LogP contribution in [0.25, 0.3) is 0 Å². The van der Waals surface area contributed by atoms with Crippen LogP contribution in [0.2, 0.25) is 0 Å². The van der Waals surface area contributed by atoms with Gasteiger partial charge in [-0.05, 0) is 62.7 Å². The highest BCUT2D eigenvalue weighted by molar-refractivity contribution is 7.21. The Bertz CT molecular complexity index is 2020. The summed E-state index contributed by atoms with van der Waals surface area (Å²) in [5.41, 5.74) is -0.0718. The summed E-state index contributed by atoms with van der Waals surface area (Å²) in [5, 5.41) is 4.80. The van der Waals surface area contributed by atoms with E-state index < -0.39 is 23.9 Å². The van der Waals surface area contributed by atoms with E-state index in [-0.39, 0.29) is 68.7 Å². The highest BCUT2D eigenvalue weighted by atomic mass is 32.1. The molecule has 0 atom stereocenters. The van der Waals surface area contributed by atoms with E-state index in [1.54, 1.807) is 64.7 Å². The smallest absolute Gasteiger partial charge is 0.342 e. The molecule has 5 aromatic rings. The molecular formula is C36H32N4O8S5. The predicted molar refractivity (Wildman–Crippen MR) is 214 cm³/mol. The van der Waals surface area contributed by atoms with Crippen molar-refractivity contribution < 1.29 is 38.1 Å². The van der Waals surface area contributed by atoms with E-state index in [2.05, 4.69) is 20.0 Å². The largest absolute Gasteiger partial charge is 0.462 e. The Labute approximate surface area is 324 Å². The first kappa shape index (κ1) is 39.3. The third-order valence-corrected chi connectivity index (χ3v) is 11.2. The van der Waals surface area contributed by atoms with Crippen molar-refractivity contribution in [1.82, 2.24) is 0 Å². The van der Waals surface area contributed by atoms with Gasteiger partial charge in [-0.25, -0.2) is 39.1 Å². The molecule has 12 nitrogen and oxygen atoms in total. The van der Waals surface area contributed by atoms with Gasteiger partial charge in [-0.2, -0.15) is 0 Å². The molecule has 0 amide bonds. The fourth-order valence-corrected chi connectivity index (χ4v) is 8.34. The zero-order chi connectivity index (χ0) is 37.7. The average Bonchev–Trinajstić information content (AvgIpc) is 3.99. The molecule has 0 radical (unpaired) electrons. The minimum absolute atomic E-state index is 0.0103. The number of ether oxygens (including phenoxy) is 4. The predicted octanol–water partition coefficient (Wildman–Crippen LogP) is 9.70. The molecule has 53 heavy (non-hydrogen) atoms. The van der Waals surface area contributed by atoms with Crippen molar-refractivity contribution in [3.05, 3.63) is 88.9 Å². The molecule has 0 aliphatic heterocycles. The maximum atomic E-state index is 13.2. The van der Waals surface area contributed by atoms with Crippen LogP contribution in [0.5, 0.6) is 0 Å². The van der Waals surface area contributed by atoms with Crippen LogP contribution in [0.4, 0.5) is 20.0 Å². The molecule has 5 rings (SSSR count). The summed E-state index contributed by atoms with van der Waals surface area (Å²) < 4.78 is 21.2. The molecule has 0 bridgehead atoms. The van der Waals surface area contributed by atoms with Crippen molar-refractivity contribution in [1.29, 1.82) is 0 Å². The zero-order valence-electron chi connectivity index (χ0n) is 28.9. The summed E-state index contributed by atoms with van der Waals surface area (Å²) in [5.74, 6) is -2.85. The SMILES string of the molecule is CCOC(=O)c1c(/N=C/c2cccs2)sc(/N=C/c2ccc(/C=N/c3sc(/N=C/c4cccs4)c(C(=O)OCC)c3C(=O)OCC)s2)c1C(=O)OCC. The summed E-state index contributed by atoms with van der Waals surface area (Å²) >= 11 is 6.41. The number of carbonyl (C=O) groups excluding carboxylic acids is 4. The standard InChI is InChI=1S/C36H32N4O8S5/c1-5-45-33(41)25-27(35(43)47-7-3)31(52-29(25)37-17-21-11-9-15-49-21)39-19-23-13-14-24(51-23)20-40-32-28(36(44)48-8-4)26(34(42)46-6-2)30(53-32)38-18-22-12-10-16-50-22/h9-20H,5-8H2,1-4H3/b37-17+,38-18+,39-19+,40-20+. The molecule has 0 aliphatic rings. The molecule has 0 aliphatic carbocycles. The van der Waals surface area contributed by atoms with E-state index in [1.807, 2.05) is 35.0 Å². The van der Waals surface area contributed by atoms with E-state index in [1.165, 1.54) is 34.0 Å². The molecule has 5 aromatic heterocycles. The normalized spacial score (nSPS) is 11.7.